The third-order valence-corrected chi connectivity index (χ3v) is 7.99. The highest BCUT2D eigenvalue weighted by atomic mass is 28.4. The van der Waals surface area contributed by atoms with Gasteiger partial charge >= 0.3 is 0 Å². The Morgan fingerprint density at radius 2 is 1.80 bits per heavy atom. The summed E-state index contributed by atoms with van der Waals surface area (Å²) in [5.74, 6) is 0. The zero-order valence-electron chi connectivity index (χ0n) is 11.0. The standard InChI is InChI=1S/C12H24O2Si/c1-11(2,3)15(6,7)14-10-8-9-13-12(10,4)5/h8-10H,1-7H3. The van der Waals surface area contributed by atoms with Crippen LogP contribution in [0.1, 0.15) is 34.6 Å². The molecule has 1 aliphatic rings. The lowest BCUT2D eigenvalue weighted by atomic mass is 10.0. The topological polar surface area (TPSA) is 18.5 Å². The number of ether oxygens (including phenoxy) is 1. The molecule has 0 amide bonds. The van der Waals surface area contributed by atoms with E-state index in [1.54, 1.807) is 6.26 Å². The number of hydrogen-bond acceptors (Lipinski definition) is 2. The summed E-state index contributed by atoms with van der Waals surface area (Å²) in [4.78, 5) is 0. The lowest BCUT2D eigenvalue weighted by Gasteiger charge is -2.40. The van der Waals surface area contributed by atoms with Crippen molar-refractivity contribution < 1.29 is 9.16 Å². The molecule has 0 aromatic rings. The van der Waals surface area contributed by atoms with Crippen LogP contribution in [0.25, 0.3) is 0 Å². The lowest BCUT2D eigenvalue weighted by Crippen LogP contribution is -2.48. The van der Waals surface area contributed by atoms with E-state index in [9.17, 15) is 0 Å². The second kappa shape index (κ2) is 3.63. The molecular formula is C12H24O2Si. The van der Waals surface area contributed by atoms with Crippen LogP contribution >= 0.6 is 0 Å². The highest BCUT2D eigenvalue weighted by Gasteiger charge is 2.44. The summed E-state index contributed by atoms with van der Waals surface area (Å²) in [5.41, 5.74) is -0.213. The van der Waals surface area contributed by atoms with Crippen LogP contribution < -0.4 is 0 Å². The summed E-state index contributed by atoms with van der Waals surface area (Å²) in [6.07, 6.45) is 3.89. The molecule has 0 saturated carbocycles. The Balaban J connectivity index is 2.74. The minimum atomic E-state index is -1.69. The molecule has 0 aliphatic carbocycles. The Kier molecular flexibility index (Phi) is 3.09. The molecule has 0 aromatic heterocycles. The molecule has 0 saturated heterocycles. The maximum Gasteiger partial charge on any atom is 0.193 e. The fraction of sp³-hybridized carbons (Fsp3) is 0.833. The highest BCUT2D eigenvalue weighted by molar-refractivity contribution is 6.74. The first kappa shape index (κ1) is 12.8. The second-order valence-corrected chi connectivity index (χ2v) is 11.1. The van der Waals surface area contributed by atoms with Crippen molar-refractivity contribution in [2.24, 2.45) is 0 Å². The number of rotatable bonds is 2. The molecule has 0 bridgehead atoms. The molecule has 1 atom stereocenters. The zero-order valence-corrected chi connectivity index (χ0v) is 12.0. The Morgan fingerprint density at radius 3 is 2.13 bits per heavy atom. The van der Waals surface area contributed by atoms with E-state index in [0.717, 1.165) is 0 Å². The molecule has 0 fully saturated rings. The lowest BCUT2D eigenvalue weighted by molar-refractivity contribution is -0.00248. The average Bonchev–Trinajstić information content (AvgIpc) is 2.27. The van der Waals surface area contributed by atoms with E-state index in [-0.39, 0.29) is 16.7 Å². The van der Waals surface area contributed by atoms with Crippen LogP contribution in [0.2, 0.25) is 18.1 Å². The van der Waals surface area contributed by atoms with Crippen molar-refractivity contribution in [2.75, 3.05) is 0 Å². The van der Waals surface area contributed by atoms with Gasteiger partial charge in [0.2, 0.25) is 0 Å². The molecule has 1 rings (SSSR count). The molecule has 2 nitrogen and oxygen atoms in total. The van der Waals surface area contributed by atoms with E-state index >= 15 is 0 Å². The van der Waals surface area contributed by atoms with Gasteiger partial charge in [0.15, 0.2) is 8.32 Å². The third-order valence-electron chi connectivity index (χ3n) is 3.54. The van der Waals surface area contributed by atoms with Crippen molar-refractivity contribution in [2.45, 2.75) is 64.5 Å². The summed E-state index contributed by atoms with van der Waals surface area (Å²) < 4.78 is 11.8. The zero-order chi connectivity index (χ0) is 11.9. The first-order chi connectivity index (χ1) is 6.56. The van der Waals surface area contributed by atoms with Gasteiger partial charge in [0, 0.05) is 0 Å². The SMILES string of the molecule is CC1(C)OC=CC1O[Si](C)(C)C(C)(C)C. The maximum absolute atomic E-state index is 6.31. The molecule has 0 spiro atoms. The van der Waals surface area contributed by atoms with Crippen LogP contribution in [0.4, 0.5) is 0 Å². The van der Waals surface area contributed by atoms with E-state index in [4.69, 9.17) is 9.16 Å². The van der Waals surface area contributed by atoms with Crippen LogP contribution in [0.5, 0.6) is 0 Å². The normalized spacial score (nSPS) is 25.4. The van der Waals surface area contributed by atoms with Crippen LogP contribution in [0.15, 0.2) is 12.3 Å². The largest absolute Gasteiger partial charge is 0.493 e. The van der Waals surface area contributed by atoms with Crippen molar-refractivity contribution in [1.29, 1.82) is 0 Å². The van der Waals surface area contributed by atoms with Crippen molar-refractivity contribution in [3.8, 4) is 0 Å². The first-order valence-electron chi connectivity index (χ1n) is 5.58. The van der Waals surface area contributed by atoms with Gasteiger partial charge in [-0.25, -0.2) is 0 Å². The van der Waals surface area contributed by atoms with Gasteiger partial charge < -0.3 is 9.16 Å². The van der Waals surface area contributed by atoms with Crippen molar-refractivity contribution in [3.05, 3.63) is 12.3 Å². The minimum absolute atomic E-state index is 0.0957. The van der Waals surface area contributed by atoms with Crippen LogP contribution in [0, 0.1) is 0 Å². The molecule has 88 valence electrons. The summed E-state index contributed by atoms with van der Waals surface area (Å²) in [5, 5.41) is 0.250. The van der Waals surface area contributed by atoms with Crippen molar-refractivity contribution in [1.82, 2.24) is 0 Å². The van der Waals surface area contributed by atoms with E-state index < -0.39 is 8.32 Å². The molecule has 3 heteroatoms. The van der Waals surface area contributed by atoms with E-state index in [1.165, 1.54) is 0 Å². The molecule has 0 N–H and O–H groups in total. The molecular weight excluding hydrogens is 204 g/mol. The Hall–Kier alpha value is -0.283. The second-order valence-electron chi connectivity index (χ2n) is 6.35. The molecule has 1 heterocycles. The van der Waals surface area contributed by atoms with Gasteiger partial charge in [0.1, 0.15) is 11.7 Å². The average molecular weight is 228 g/mol. The van der Waals surface area contributed by atoms with Gasteiger partial charge in [-0.2, -0.15) is 0 Å². The summed E-state index contributed by atoms with van der Waals surface area (Å²) >= 11 is 0. The molecule has 15 heavy (non-hydrogen) atoms. The van der Waals surface area contributed by atoms with Gasteiger partial charge in [0.25, 0.3) is 0 Å². The van der Waals surface area contributed by atoms with E-state index in [2.05, 4.69) is 47.7 Å². The smallest absolute Gasteiger partial charge is 0.193 e. The van der Waals surface area contributed by atoms with Crippen LogP contribution in [0.3, 0.4) is 0 Å². The Morgan fingerprint density at radius 1 is 1.27 bits per heavy atom. The molecule has 1 unspecified atom stereocenters. The van der Waals surface area contributed by atoms with Crippen molar-refractivity contribution in [3.63, 3.8) is 0 Å². The van der Waals surface area contributed by atoms with Gasteiger partial charge in [-0.3, -0.25) is 0 Å². The summed E-state index contributed by atoms with van der Waals surface area (Å²) in [7, 11) is -1.69. The summed E-state index contributed by atoms with van der Waals surface area (Å²) in [6.45, 7) is 15.5. The summed E-state index contributed by atoms with van der Waals surface area (Å²) in [6, 6.07) is 0. The molecule has 0 radical (unpaired) electrons. The van der Waals surface area contributed by atoms with E-state index in [0.29, 0.717) is 0 Å². The van der Waals surface area contributed by atoms with Crippen LogP contribution in [-0.2, 0) is 9.16 Å². The third kappa shape index (κ3) is 2.64. The van der Waals surface area contributed by atoms with Gasteiger partial charge in [-0.1, -0.05) is 20.8 Å². The number of hydrogen-bond donors (Lipinski definition) is 0. The predicted octanol–water partition coefficient (Wildman–Crippen LogP) is 3.70. The highest BCUT2D eigenvalue weighted by Crippen LogP contribution is 2.40. The first-order valence-corrected chi connectivity index (χ1v) is 8.49. The fourth-order valence-corrected chi connectivity index (χ4v) is 2.61. The molecule has 0 aromatic carbocycles. The van der Waals surface area contributed by atoms with Crippen LogP contribution in [-0.4, -0.2) is 20.0 Å². The minimum Gasteiger partial charge on any atom is -0.493 e. The maximum atomic E-state index is 6.31. The van der Waals surface area contributed by atoms with Gasteiger partial charge in [-0.05, 0) is 38.1 Å². The monoisotopic (exact) mass is 228 g/mol. The van der Waals surface area contributed by atoms with Crippen molar-refractivity contribution >= 4 is 8.32 Å². The fourth-order valence-electron chi connectivity index (χ4n) is 1.26. The van der Waals surface area contributed by atoms with Gasteiger partial charge in [-0.15, -0.1) is 0 Å². The molecule has 1 aliphatic heterocycles. The van der Waals surface area contributed by atoms with E-state index in [1.807, 2.05) is 6.08 Å². The Labute approximate surface area is 94.8 Å². The Bertz CT molecular complexity index is 261. The van der Waals surface area contributed by atoms with Gasteiger partial charge in [0.05, 0.1) is 6.26 Å². The quantitative estimate of drug-likeness (QED) is 0.671. The predicted molar refractivity (Wildman–Crippen MR) is 66.4 cm³/mol.